The van der Waals surface area contributed by atoms with E-state index in [2.05, 4.69) is 37.2 Å². The number of amides is 1. The topological polar surface area (TPSA) is 29.1 Å². The van der Waals surface area contributed by atoms with Crippen molar-refractivity contribution < 1.29 is 4.79 Å². The molecule has 0 aliphatic rings. The van der Waals surface area contributed by atoms with E-state index in [-0.39, 0.29) is 11.9 Å². The molecule has 1 amide bonds. The third kappa shape index (κ3) is 3.61. The summed E-state index contributed by atoms with van der Waals surface area (Å²) in [4.78, 5) is 11.8. The van der Waals surface area contributed by atoms with Crippen LogP contribution in [0.1, 0.15) is 30.6 Å². The quantitative estimate of drug-likeness (QED) is 0.896. The number of carbonyl (C=O) groups excluding carboxylic acids is 1. The first kappa shape index (κ1) is 12.7. The van der Waals surface area contributed by atoms with Crippen molar-refractivity contribution in [1.82, 2.24) is 5.32 Å². The van der Waals surface area contributed by atoms with E-state index in [0.29, 0.717) is 5.56 Å². The summed E-state index contributed by atoms with van der Waals surface area (Å²) < 4.78 is 1.71. The molecule has 2 nitrogen and oxygen atoms in total. The first-order chi connectivity index (χ1) is 7.04. The van der Waals surface area contributed by atoms with Crippen molar-refractivity contribution in [2.24, 2.45) is 0 Å². The van der Waals surface area contributed by atoms with Gasteiger partial charge in [-0.25, -0.2) is 0 Å². The minimum absolute atomic E-state index is 0.0440. The standard InChI is InChI=1S/C11H13Br2NO/c1-3-7(2)14-11(15)9-6-8(12)4-5-10(9)13/h4-7H,3H2,1-2H3,(H,14,15)/t7-/m0/s1. The second-order valence-corrected chi connectivity index (χ2v) is 5.18. The van der Waals surface area contributed by atoms with Crippen LogP contribution in [-0.2, 0) is 0 Å². The van der Waals surface area contributed by atoms with Gasteiger partial charge in [-0.2, -0.15) is 0 Å². The van der Waals surface area contributed by atoms with Crippen LogP contribution in [0, 0.1) is 0 Å². The fraction of sp³-hybridized carbons (Fsp3) is 0.364. The van der Waals surface area contributed by atoms with Crippen molar-refractivity contribution in [3.05, 3.63) is 32.7 Å². The molecule has 1 aromatic rings. The van der Waals surface area contributed by atoms with Gasteiger partial charge < -0.3 is 5.32 Å². The molecule has 4 heteroatoms. The highest BCUT2D eigenvalue weighted by Crippen LogP contribution is 2.21. The number of hydrogen-bond acceptors (Lipinski definition) is 1. The molecule has 0 aliphatic heterocycles. The van der Waals surface area contributed by atoms with Crippen LogP contribution in [0.2, 0.25) is 0 Å². The SMILES string of the molecule is CC[C@H](C)NC(=O)c1cc(Br)ccc1Br. The molecule has 1 N–H and O–H groups in total. The molecule has 0 aromatic heterocycles. The van der Waals surface area contributed by atoms with Crippen molar-refractivity contribution in [3.8, 4) is 0 Å². The van der Waals surface area contributed by atoms with Gasteiger partial charge in [0.25, 0.3) is 5.91 Å². The molecule has 0 saturated heterocycles. The van der Waals surface area contributed by atoms with Crippen LogP contribution in [0.25, 0.3) is 0 Å². The maximum absolute atomic E-state index is 11.8. The van der Waals surface area contributed by atoms with E-state index in [0.717, 1.165) is 15.4 Å². The molecule has 0 spiro atoms. The zero-order chi connectivity index (χ0) is 11.4. The van der Waals surface area contributed by atoms with E-state index in [1.807, 2.05) is 32.0 Å². The summed E-state index contributed by atoms with van der Waals surface area (Å²) in [5, 5.41) is 2.92. The van der Waals surface area contributed by atoms with E-state index in [4.69, 9.17) is 0 Å². The maximum atomic E-state index is 11.8. The largest absolute Gasteiger partial charge is 0.350 e. The van der Waals surface area contributed by atoms with Gasteiger partial charge in [0.2, 0.25) is 0 Å². The summed E-state index contributed by atoms with van der Waals surface area (Å²) in [5.74, 6) is -0.0440. The minimum Gasteiger partial charge on any atom is -0.350 e. The zero-order valence-corrected chi connectivity index (χ0v) is 11.9. The first-order valence-corrected chi connectivity index (χ1v) is 6.39. The third-order valence-electron chi connectivity index (χ3n) is 2.16. The molecule has 15 heavy (non-hydrogen) atoms. The number of carbonyl (C=O) groups is 1. The van der Waals surface area contributed by atoms with Crippen LogP contribution in [0.4, 0.5) is 0 Å². The van der Waals surface area contributed by atoms with Crippen LogP contribution < -0.4 is 5.32 Å². The van der Waals surface area contributed by atoms with Gasteiger partial charge >= 0.3 is 0 Å². The van der Waals surface area contributed by atoms with Crippen LogP contribution in [-0.4, -0.2) is 11.9 Å². The van der Waals surface area contributed by atoms with Crippen molar-refractivity contribution >= 4 is 37.8 Å². The molecule has 1 aromatic carbocycles. The van der Waals surface area contributed by atoms with Gasteiger partial charge in [-0.05, 0) is 47.5 Å². The van der Waals surface area contributed by atoms with Crippen LogP contribution in [0.5, 0.6) is 0 Å². The average molecular weight is 335 g/mol. The van der Waals surface area contributed by atoms with E-state index in [1.54, 1.807) is 0 Å². The zero-order valence-electron chi connectivity index (χ0n) is 8.68. The normalized spacial score (nSPS) is 12.3. The molecule has 0 heterocycles. The van der Waals surface area contributed by atoms with E-state index in [1.165, 1.54) is 0 Å². The summed E-state index contributed by atoms with van der Waals surface area (Å²) in [6, 6.07) is 5.75. The van der Waals surface area contributed by atoms with Crippen LogP contribution in [0.15, 0.2) is 27.1 Å². The Labute approximate surface area is 107 Å². The molecular weight excluding hydrogens is 322 g/mol. The highest BCUT2D eigenvalue weighted by Gasteiger charge is 2.11. The predicted octanol–water partition coefficient (Wildman–Crippen LogP) is 3.74. The van der Waals surface area contributed by atoms with Gasteiger partial charge in [0.05, 0.1) is 5.56 Å². The lowest BCUT2D eigenvalue weighted by Crippen LogP contribution is -2.32. The van der Waals surface area contributed by atoms with Gasteiger partial charge in [0.1, 0.15) is 0 Å². The summed E-state index contributed by atoms with van der Waals surface area (Å²) in [6.07, 6.45) is 0.928. The predicted molar refractivity (Wildman–Crippen MR) is 69.1 cm³/mol. The van der Waals surface area contributed by atoms with Gasteiger partial charge in [-0.3, -0.25) is 4.79 Å². The van der Waals surface area contributed by atoms with Gasteiger partial charge in [-0.1, -0.05) is 22.9 Å². The molecule has 0 fully saturated rings. The Morgan fingerprint density at radius 3 is 2.73 bits per heavy atom. The highest BCUT2D eigenvalue weighted by molar-refractivity contribution is 9.11. The number of halogens is 2. The molecule has 0 unspecified atom stereocenters. The number of hydrogen-bond donors (Lipinski definition) is 1. The lowest BCUT2D eigenvalue weighted by molar-refractivity contribution is 0.0938. The lowest BCUT2D eigenvalue weighted by atomic mass is 10.2. The number of nitrogens with one attached hydrogen (secondary N) is 1. The smallest absolute Gasteiger partial charge is 0.252 e. The molecule has 0 aliphatic carbocycles. The van der Waals surface area contributed by atoms with Crippen molar-refractivity contribution in [2.75, 3.05) is 0 Å². The Balaban J connectivity index is 2.86. The molecule has 0 saturated carbocycles. The van der Waals surface area contributed by atoms with Gasteiger partial charge in [0, 0.05) is 15.0 Å². The fourth-order valence-corrected chi connectivity index (χ4v) is 1.86. The second-order valence-electron chi connectivity index (χ2n) is 3.41. The van der Waals surface area contributed by atoms with Gasteiger partial charge in [0.15, 0.2) is 0 Å². The van der Waals surface area contributed by atoms with Crippen molar-refractivity contribution in [2.45, 2.75) is 26.3 Å². The molecule has 0 bridgehead atoms. The van der Waals surface area contributed by atoms with Crippen molar-refractivity contribution in [3.63, 3.8) is 0 Å². The fourth-order valence-electron chi connectivity index (χ4n) is 1.08. The van der Waals surface area contributed by atoms with E-state index < -0.39 is 0 Å². The molecule has 82 valence electrons. The van der Waals surface area contributed by atoms with Gasteiger partial charge in [-0.15, -0.1) is 0 Å². The highest BCUT2D eigenvalue weighted by atomic mass is 79.9. The van der Waals surface area contributed by atoms with E-state index in [9.17, 15) is 4.79 Å². The monoisotopic (exact) mass is 333 g/mol. The van der Waals surface area contributed by atoms with Crippen LogP contribution in [0.3, 0.4) is 0 Å². The lowest BCUT2D eigenvalue weighted by Gasteiger charge is -2.12. The summed E-state index contributed by atoms with van der Waals surface area (Å²) in [6.45, 7) is 4.03. The number of rotatable bonds is 3. The average Bonchev–Trinajstić information content (AvgIpc) is 2.21. The summed E-state index contributed by atoms with van der Waals surface area (Å²) in [7, 11) is 0. The third-order valence-corrected chi connectivity index (χ3v) is 3.35. The van der Waals surface area contributed by atoms with Crippen molar-refractivity contribution in [1.29, 1.82) is 0 Å². The first-order valence-electron chi connectivity index (χ1n) is 4.80. The maximum Gasteiger partial charge on any atom is 0.252 e. The summed E-state index contributed by atoms with van der Waals surface area (Å²) in [5.41, 5.74) is 0.657. The molecule has 1 atom stereocenters. The molecule has 0 radical (unpaired) electrons. The Hall–Kier alpha value is -0.350. The number of benzene rings is 1. The molecule has 1 rings (SSSR count). The Morgan fingerprint density at radius 2 is 2.13 bits per heavy atom. The minimum atomic E-state index is -0.0440. The Morgan fingerprint density at radius 1 is 1.47 bits per heavy atom. The summed E-state index contributed by atoms with van der Waals surface area (Å²) >= 11 is 6.71. The van der Waals surface area contributed by atoms with E-state index >= 15 is 0 Å². The molecular formula is C11H13Br2NO. The Bertz CT molecular complexity index is 366. The Kier molecular flexibility index (Phi) is 4.80. The van der Waals surface area contributed by atoms with Crippen LogP contribution >= 0.6 is 31.9 Å². The second kappa shape index (κ2) is 5.66.